The fraction of sp³-hybridized carbons (Fsp3) is 0.600. The van der Waals surface area contributed by atoms with Gasteiger partial charge in [0.15, 0.2) is 0 Å². The average molecular weight is 294 g/mol. The van der Waals surface area contributed by atoms with Crippen LogP contribution < -0.4 is 5.32 Å². The summed E-state index contributed by atoms with van der Waals surface area (Å²) in [5.41, 5.74) is 2.55. The van der Waals surface area contributed by atoms with Gasteiger partial charge in [-0.25, -0.2) is 8.42 Å². The van der Waals surface area contributed by atoms with Gasteiger partial charge in [0.25, 0.3) is 0 Å². The molecule has 1 fully saturated rings. The monoisotopic (exact) mass is 294 g/mol. The topological polar surface area (TPSA) is 49.4 Å². The van der Waals surface area contributed by atoms with Gasteiger partial charge in [0.05, 0.1) is 4.90 Å². The minimum absolute atomic E-state index is 0.0183. The minimum atomic E-state index is -3.35. The van der Waals surface area contributed by atoms with Crippen molar-refractivity contribution in [1.29, 1.82) is 0 Å². The summed E-state index contributed by atoms with van der Waals surface area (Å²) in [6.07, 6.45) is 4.48. The highest BCUT2D eigenvalue weighted by atomic mass is 32.2. The van der Waals surface area contributed by atoms with Gasteiger partial charge in [-0.3, -0.25) is 0 Å². The van der Waals surface area contributed by atoms with Gasteiger partial charge >= 0.3 is 0 Å². The van der Waals surface area contributed by atoms with E-state index >= 15 is 0 Å². The third kappa shape index (κ3) is 2.50. The van der Waals surface area contributed by atoms with Gasteiger partial charge in [0.1, 0.15) is 0 Å². The molecule has 0 saturated carbocycles. The molecular formula is C15H22N2O2S. The molecule has 0 unspecified atom stereocenters. The Kier molecular flexibility index (Phi) is 3.84. The molecule has 0 bridgehead atoms. The standard InChI is InChI=1S/C15H22N2O2S/c1-12-11-16-8-9-17(12)20(18,19)15-7-6-13-4-2-3-5-14(13)10-15/h6-7,10,12,16H,2-5,8-9,11H2,1H3/t12-/m0/s1. The Balaban J connectivity index is 1.94. The van der Waals surface area contributed by atoms with Crippen LogP contribution in [0.4, 0.5) is 0 Å². The molecule has 0 radical (unpaired) electrons. The van der Waals surface area contributed by atoms with Gasteiger partial charge in [-0.05, 0) is 55.9 Å². The van der Waals surface area contributed by atoms with Crippen molar-refractivity contribution in [1.82, 2.24) is 9.62 Å². The van der Waals surface area contributed by atoms with Crippen LogP contribution in [0.25, 0.3) is 0 Å². The molecule has 20 heavy (non-hydrogen) atoms. The molecule has 1 N–H and O–H groups in total. The van der Waals surface area contributed by atoms with E-state index in [1.54, 1.807) is 10.4 Å². The summed E-state index contributed by atoms with van der Waals surface area (Å²) in [5, 5.41) is 3.23. The van der Waals surface area contributed by atoms with E-state index in [1.165, 1.54) is 24.0 Å². The highest BCUT2D eigenvalue weighted by Crippen LogP contribution is 2.26. The number of fused-ring (bicyclic) bond motifs is 1. The average Bonchev–Trinajstić information content (AvgIpc) is 2.47. The summed E-state index contributed by atoms with van der Waals surface area (Å²) < 4.78 is 27.2. The van der Waals surface area contributed by atoms with Gasteiger partial charge in [-0.1, -0.05) is 6.07 Å². The van der Waals surface area contributed by atoms with Crippen molar-refractivity contribution >= 4 is 10.0 Å². The zero-order valence-electron chi connectivity index (χ0n) is 11.9. The fourth-order valence-corrected chi connectivity index (χ4v) is 4.87. The van der Waals surface area contributed by atoms with Crippen molar-refractivity contribution in [3.05, 3.63) is 29.3 Å². The second-order valence-electron chi connectivity index (χ2n) is 5.81. The SMILES string of the molecule is C[C@H]1CNCCN1S(=O)(=O)c1ccc2c(c1)CCCC2. The smallest absolute Gasteiger partial charge is 0.243 e. The van der Waals surface area contributed by atoms with Crippen LogP contribution in [-0.2, 0) is 22.9 Å². The number of sulfonamides is 1. The molecule has 0 amide bonds. The van der Waals surface area contributed by atoms with Crippen LogP contribution in [0.15, 0.2) is 23.1 Å². The molecule has 1 heterocycles. The first-order valence-corrected chi connectivity index (χ1v) is 8.87. The first kappa shape index (κ1) is 14.0. The van der Waals surface area contributed by atoms with Crippen molar-refractivity contribution in [2.75, 3.05) is 19.6 Å². The first-order valence-electron chi connectivity index (χ1n) is 7.43. The number of rotatable bonds is 2. The summed E-state index contributed by atoms with van der Waals surface area (Å²) in [6, 6.07) is 5.71. The molecule has 1 aromatic carbocycles. The molecule has 1 saturated heterocycles. The highest BCUT2D eigenvalue weighted by Gasteiger charge is 2.31. The molecule has 4 nitrogen and oxygen atoms in total. The van der Waals surface area contributed by atoms with Crippen LogP contribution in [-0.4, -0.2) is 38.4 Å². The Morgan fingerprint density at radius 3 is 2.70 bits per heavy atom. The number of nitrogens with zero attached hydrogens (tertiary/aromatic N) is 1. The van der Waals surface area contributed by atoms with Crippen molar-refractivity contribution in [2.45, 2.75) is 43.5 Å². The van der Waals surface area contributed by atoms with E-state index in [0.717, 1.165) is 25.9 Å². The minimum Gasteiger partial charge on any atom is -0.314 e. The lowest BCUT2D eigenvalue weighted by Gasteiger charge is -2.33. The molecule has 0 spiro atoms. The number of piperazine rings is 1. The third-order valence-corrected chi connectivity index (χ3v) is 6.38. The van der Waals surface area contributed by atoms with E-state index in [9.17, 15) is 8.42 Å². The Morgan fingerprint density at radius 2 is 1.95 bits per heavy atom. The summed E-state index contributed by atoms with van der Waals surface area (Å²) in [4.78, 5) is 0.465. The van der Waals surface area contributed by atoms with Crippen molar-refractivity contribution in [2.24, 2.45) is 0 Å². The molecule has 0 aromatic heterocycles. The summed E-state index contributed by atoms with van der Waals surface area (Å²) in [6.45, 7) is 3.97. The fourth-order valence-electron chi connectivity index (χ4n) is 3.19. The maximum Gasteiger partial charge on any atom is 0.243 e. The summed E-state index contributed by atoms with van der Waals surface area (Å²) >= 11 is 0. The second kappa shape index (κ2) is 5.47. The summed E-state index contributed by atoms with van der Waals surface area (Å²) in [7, 11) is -3.35. The van der Waals surface area contributed by atoms with Crippen molar-refractivity contribution in [3.8, 4) is 0 Å². The normalized spacial score (nSPS) is 24.4. The van der Waals surface area contributed by atoms with Crippen LogP contribution >= 0.6 is 0 Å². The number of hydrogen-bond donors (Lipinski definition) is 1. The molecule has 3 rings (SSSR count). The van der Waals surface area contributed by atoms with E-state index in [1.807, 2.05) is 19.1 Å². The van der Waals surface area contributed by atoms with Gasteiger partial charge in [0, 0.05) is 25.7 Å². The van der Waals surface area contributed by atoms with Gasteiger partial charge in [0.2, 0.25) is 10.0 Å². The van der Waals surface area contributed by atoms with Gasteiger partial charge in [-0.2, -0.15) is 4.31 Å². The Labute approximate surface area is 121 Å². The van der Waals surface area contributed by atoms with E-state index in [0.29, 0.717) is 11.4 Å². The molecular weight excluding hydrogens is 272 g/mol. The quantitative estimate of drug-likeness (QED) is 0.900. The zero-order valence-corrected chi connectivity index (χ0v) is 12.7. The van der Waals surface area contributed by atoms with E-state index < -0.39 is 10.0 Å². The lowest BCUT2D eigenvalue weighted by atomic mass is 9.92. The molecule has 1 aliphatic carbocycles. The Morgan fingerprint density at radius 1 is 1.20 bits per heavy atom. The second-order valence-corrected chi connectivity index (χ2v) is 7.70. The summed E-state index contributed by atoms with van der Waals surface area (Å²) in [5.74, 6) is 0. The van der Waals surface area contributed by atoms with Gasteiger partial charge < -0.3 is 5.32 Å². The van der Waals surface area contributed by atoms with E-state index in [-0.39, 0.29) is 6.04 Å². The van der Waals surface area contributed by atoms with Crippen LogP contribution in [0.2, 0.25) is 0 Å². The zero-order chi connectivity index (χ0) is 14.2. The maximum atomic E-state index is 12.8. The molecule has 1 aromatic rings. The van der Waals surface area contributed by atoms with Crippen molar-refractivity contribution < 1.29 is 8.42 Å². The third-order valence-electron chi connectivity index (χ3n) is 4.37. The predicted molar refractivity (Wildman–Crippen MR) is 79.3 cm³/mol. The lowest BCUT2D eigenvalue weighted by Crippen LogP contribution is -2.52. The van der Waals surface area contributed by atoms with E-state index in [2.05, 4.69) is 5.32 Å². The van der Waals surface area contributed by atoms with Crippen LogP contribution in [0.1, 0.15) is 30.9 Å². The Bertz CT molecular complexity index is 598. The maximum absolute atomic E-state index is 12.8. The van der Waals surface area contributed by atoms with Crippen molar-refractivity contribution in [3.63, 3.8) is 0 Å². The predicted octanol–water partition coefficient (Wildman–Crippen LogP) is 1.55. The molecule has 110 valence electrons. The number of benzene rings is 1. The number of nitrogens with one attached hydrogen (secondary N) is 1. The first-order chi connectivity index (χ1) is 9.59. The molecule has 5 heteroatoms. The van der Waals surface area contributed by atoms with E-state index in [4.69, 9.17) is 0 Å². The highest BCUT2D eigenvalue weighted by molar-refractivity contribution is 7.89. The number of hydrogen-bond acceptors (Lipinski definition) is 3. The number of aryl methyl sites for hydroxylation is 2. The lowest BCUT2D eigenvalue weighted by molar-refractivity contribution is 0.284. The molecule has 1 aliphatic heterocycles. The van der Waals surface area contributed by atoms with Crippen LogP contribution in [0, 0.1) is 0 Å². The molecule has 1 atom stereocenters. The van der Waals surface area contributed by atoms with Gasteiger partial charge in [-0.15, -0.1) is 0 Å². The van der Waals surface area contributed by atoms with Crippen LogP contribution in [0.5, 0.6) is 0 Å². The largest absolute Gasteiger partial charge is 0.314 e. The van der Waals surface area contributed by atoms with Crippen LogP contribution in [0.3, 0.4) is 0 Å². The Hall–Kier alpha value is -0.910. The molecule has 2 aliphatic rings.